The van der Waals surface area contributed by atoms with Crippen molar-refractivity contribution in [2.24, 2.45) is 0 Å². The van der Waals surface area contributed by atoms with E-state index in [4.69, 9.17) is 36.1 Å². The Hall–Kier alpha value is -2.34. The van der Waals surface area contributed by atoms with Gasteiger partial charge < -0.3 is 29.4 Å². The second-order valence-electron chi connectivity index (χ2n) is 8.03. The normalized spacial score (nSPS) is 22.8. The minimum absolute atomic E-state index is 0.0478. The molecule has 2 aromatic rings. The maximum absolute atomic E-state index is 12.3. The number of hydrogen-bond acceptors (Lipinski definition) is 10. The van der Waals surface area contributed by atoms with Crippen LogP contribution >= 0.6 is 6.64 Å². The molecule has 1 aliphatic rings. The molecule has 0 bridgehead atoms. The second kappa shape index (κ2) is 11.4. The first-order valence-electron chi connectivity index (χ1n) is 10.7. The van der Waals surface area contributed by atoms with Gasteiger partial charge in [0, 0.05) is 12.6 Å². The lowest BCUT2D eigenvalue weighted by Gasteiger charge is -2.27. The molecule has 2 heterocycles. The first kappa shape index (κ1) is 26.3. The number of aromatic nitrogens is 2. The molecule has 5 atom stereocenters. The van der Waals surface area contributed by atoms with E-state index in [0.29, 0.717) is 5.75 Å². The van der Waals surface area contributed by atoms with E-state index in [-0.39, 0.29) is 24.9 Å². The molecule has 13 heteroatoms. The Labute approximate surface area is 202 Å². The van der Waals surface area contributed by atoms with Gasteiger partial charge in [0.2, 0.25) is 0 Å². The number of para-hydroxylation sites is 1. The van der Waals surface area contributed by atoms with Crippen molar-refractivity contribution in [3.05, 3.63) is 53.1 Å². The molecular formula is C21H29N4O7PS. The van der Waals surface area contributed by atoms with Crippen molar-refractivity contribution in [3.8, 4) is 5.75 Å². The molecule has 0 aliphatic carbocycles. The monoisotopic (exact) mass is 512 g/mol. The van der Waals surface area contributed by atoms with Gasteiger partial charge in [-0.2, -0.15) is 4.98 Å². The highest BCUT2D eigenvalue weighted by molar-refractivity contribution is 8.09. The number of nitrogen functional groups attached to an aromatic ring is 1. The lowest BCUT2D eigenvalue weighted by molar-refractivity contribution is -0.149. The number of benzene rings is 1. The van der Waals surface area contributed by atoms with Crippen molar-refractivity contribution >= 4 is 30.2 Å². The van der Waals surface area contributed by atoms with Gasteiger partial charge in [-0.05, 0) is 50.8 Å². The number of aliphatic hydroxyl groups excluding tert-OH is 1. The summed E-state index contributed by atoms with van der Waals surface area (Å²) < 4.78 is 24.1. The fourth-order valence-corrected chi connectivity index (χ4v) is 5.66. The first-order chi connectivity index (χ1) is 16.1. The molecule has 186 valence electrons. The van der Waals surface area contributed by atoms with Crippen molar-refractivity contribution in [2.45, 2.75) is 57.8 Å². The zero-order valence-corrected chi connectivity index (χ0v) is 20.8. The van der Waals surface area contributed by atoms with Crippen LogP contribution < -0.4 is 21.0 Å². The molecule has 1 aromatic heterocycles. The Morgan fingerprint density at radius 3 is 2.71 bits per heavy atom. The molecule has 5 unspecified atom stereocenters. The minimum Gasteiger partial charge on any atom is -0.462 e. The Kier molecular flexibility index (Phi) is 8.80. The number of hydrogen-bond donors (Lipinski definition) is 3. The first-order valence-corrected chi connectivity index (χ1v) is 13.4. The third-order valence-corrected chi connectivity index (χ3v) is 7.25. The molecule has 1 fully saturated rings. The summed E-state index contributed by atoms with van der Waals surface area (Å²) in [7, 11) is 0. The summed E-state index contributed by atoms with van der Waals surface area (Å²) in [5.41, 5.74) is 4.89. The number of nitrogens with two attached hydrogens (primary N) is 1. The zero-order valence-electron chi connectivity index (χ0n) is 19.1. The summed E-state index contributed by atoms with van der Waals surface area (Å²) in [4.78, 5) is 28.1. The summed E-state index contributed by atoms with van der Waals surface area (Å²) in [5.74, 6) is 0.0448. The van der Waals surface area contributed by atoms with Gasteiger partial charge in [-0.1, -0.05) is 18.2 Å². The van der Waals surface area contributed by atoms with Gasteiger partial charge in [0.1, 0.15) is 23.7 Å². The Balaban J connectivity index is 1.70. The van der Waals surface area contributed by atoms with Crippen molar-refractivity contribution in [2.75, 3.05) is 12.3 Å². The quantitative estimate of drug-likeness (QED) is 0.316. The van der Waals surface area contributed by atoms with E-state index in [2.05, 4.69) is 10.1 Å². The highest BCUT2D eigenvalue weighted by Gasteiger charge is 2.38. The molecule has 3 rings (SSSR count). The lowest BCUT2D eigenvalue weighted by atomic mass is 10.2. The Bertz CT molecular complexity index is 1080. The standard InChI is InChI=1S/C21H29N4O7PS/c1-13(2)30-20(27)14(3)24-33(34,32-15-7-5-4-6-8-15)29-12-16-11-17(26)19(31-16)25-10-9-18(22)23-21(25)28/h4-10,13-14,16-17,19,26H,11-12H2,1-3H3,(H,24,34)(H2,22,23,28). The third kappa shape index (κ3) is 7.08. The summed E-state index contributed by atoms with van der Waals surface area (Å²) >= 11 is 5.67. The van der Waals surface area contributed by atoms with Crippen LogP contribution in [0.15, 0.2) is 47.4 Å². The van der Waals surface area contributed by atoms with E-state index < -0.39 is 42.8 Å². The number of aliphatic hydroxyl groups is 1. The van der Waals surface area contributed by atoms with Crippen molar-refractivity contribution in [3.63, 3.8) is 0 Å². The van der Waals surface area contributed by atoms with Crippen LogP contribution in [0.5, 0.6) is 5.75 Å². The maximum atomic E-state index is 12.3. The van der Waals surface area contributed by atoms with E-state index in [1.54, 1.807) is 45.0 Å². The predicted molar refractivity (Wildman–Crippen MR) is 129 cm³/mol. The molecule has 11 nitrogen and oxygen atoms in total. The molecule has 1 saturated heterocycles. The number of nitrogens with zero attached hydrogens (tertiary/aromatic N) is 2. The van der Waals surface area contributed by atoms with Crippen LogP contribution in [0, 0.1) is 0 Å². The van der Waals surface area contributed by atoms with Gasteiger partial charge in [0.05, 0.1) is 18.8 Å². The topological polar surface area (TPSA) is 147 Å². The Morgan fingerprint density at radius 2 is 2.06 bits per heavy atom. The summed E-state index contributed by atoms with van der Waals surface area (Å²) in [6, 6.07) is 9.48. The van der Waals surface area contributed by atoms with Gasteiger partial charge in [0.25, 0.3) is 0 Å². The molecule has 0 saturated carbocycles. The number of anilines is 1. The van der Waals surface area contributed by atoms with Gasteiger partial charge in [-0.15, -0.1) is 0 Å². The lowest BCUT2D eigenvalue weighted by Crippen LogP contribution is -2.36. The maximum Gasteiger partial charge on any atom is 0.351 e. The van der Waals surface area contributed by atoms with E-state index in [9.17, 15) is 14.7 Å². The number of nitrogens with one attached hydrogen (secondary N) is 1. The van der Waals surface area contributed by atoms with Gasteiger partial charge in [-0.25, -0.2) is 9.88 Å². The van der Waals surface area contributed by atoms with Crippen LogP contribution in [0.25, 0.3) is 0 Å². The van der Waals surface area contributed by atoms with Crippen molar-refractivity contribution < 1.29 is 28.4 Å². The third-order valence-electron chi connectivity index (χ3n) is 4.75. The molecule has 1 aliphatic heterocycles. The summed E-state index contributed by atoms with van der Waals surface area (Å²) in [6.07, 6.45) is -1.21. The van der Waals surface area contributed by atoms with E-state index in [0.717, 1.165) is 0 Å². The number of ether oxygens (including phenoxy) is 2. The van der Waals surface area contributed by atoms with E-state index in [1.165, 1.54) is 16.8 Å². The summed E-state index contributed by atoms with van der Waals surface area (Å²) in [5, 5.41) is 13.4. The number of carbonyl (C=O) groups is 1. The highest BCUT2D eigenvalue weighted by Crippen LogP contribution is 2.46. The fourth-order valence-electron chi connectivity index (χ4n) is 3.22. The molecule has 4 N–H and O–H groups in total. The van der Waals surface area contributed by atoms with Crippen LogP contribution in [0.4, 0.5) is 5.82 Å². The number of rotatable bonds is 10. The van der Waals surface area contributed by atoms with Gasteiger partial charge >= 0.3 is 18.3 Å². The molecule has 0 amide bonds. The van der Waals surface area contributed by atoms with Crippen LogP contribution in [-0.4, -0.2) is 51.6 Å². The second-order valence-corrected chi connectivity index (χ2v) is 11.2. The average molecular weight is 513 g/mol. The number of carbonyl (C=O) groups excluding carboxylic acids is 1. The van der Waals surface area contributed by atoms with Crippen LogP contribution in [0.2, 0.25) is 0 Å². The molecule has 34 heavy (non-hydrogen) atoms. The smallest absolute Gasteiger partial charge is 0.351 e. The average Bonchev–Trinajstić information content (AvgIpc) is 3.13. The van der Waals surface area contributed by atoms with Gasteiger partial charge in [-0.3, -0.25) is 9.36 Å². The van der Waals surface area contributed by atoms with E-state index in [1.807, 2.05) is 6.07 Å². The predicted octanol–water partition coefficient (Wildman–Crippen LogP) is 1.72. The van der Waals surface area contributed by atoms with Crippen molar-refractivity contribution in [1.29, 1.82) is 0 Å². The number of esters is 1. The summed E-state index contributed by atoms with van der Waals surface area (Å²) in [6.45, 7) is 1.81. The van der Waals surface area contributed by atoms with Crippen molar-refractivity contribution in [1.82, 2.24) is 14.6 Å². The molecule has 0 spiro atoms. The molecule has 0 radical (unpaired) electrons. The van der Waals surface area contributed by atoms with Crippen LogP contribution in [0.1, 0.15) is 33.4 Å². The molecular weight excluding hydrogens is 483 g/mol. The van der Waals surface area contributed by atoms with E-state index >= 15 is 0 Å². The van der Waals surface area contributed by atoms with Crippen LogP contribution in [-0.2, 0) is 30.6 Å². The SMILES string of the molecule is CC(C)OC(=O)C(C)NP(=S)(OCC1CC(O)C(n2ccc(N)nc2=O)O1)Oc1ccccc1. The molecule has 1 aromatic carbocycles. The highest BCUT2D eigenvalue weighted by atomic mass is 32.5. The Morgan fingerprint density at radius 1 is 1.35 bits per heavy atom. The van der Waals surface area contributed by atoms with Crippen LogP contribution in [0.3, 0.4) is 0 Å². The minimum atomic E-state index is -3.25. The van der Waals surface area contributed by atoms with Gasteiger partial charge in [0.15, 0.2) is 6.23 Å². The fraction of sp³-hybridized carbons (Fsp3) is 0.476. The zero-order chi connectivity index (χ0) is 24.9. The largest absolute Gasteiger partial charge is 0.462 e.